The van der Waals surface area contributed by atoms with E-state index in [1.165, 1.54) is 14.2 Å². The highest BCUT2D eigenvalue weighted by molar-refractivity contribution is 6.24. The fourth-order valence-electron chi connectivity index (χ4n) is 0.850. The van der Waals surface area contributed by atoms with E-state index < -0.39 is 10.9 Å². The third kappa shape index (κ3) is 3.47. The summed E-state index contributed by atoms with van der Waals surface area (Å²) in [4.78, 5) is 9.56. The number of nitroso groups, excluding NO2 is 1. The number of nitrogens with zero attached hydrogens (tertiary/aromatic N) is 1. The van der Waals surface area contributed by atoms with Crippen LogP contribution in [0.2, 0.25) is 0 Å². The zero-order chi connectivity index (χ0) is 9.61. The van der Waals surface area contributed by atoms with Gasteiger partial charge in [0.05, 0.1) is 18.1 Å². The first kappa shape index (κ1) is 11.8. The lowest BCUT2D eigenvalue weighted by Gasteiger charge is -2.25. The molecule has 0 heterocycles. The molecule has 0 radical (unpaired) electrons. The lowest BCUT2D eigenvalue weighted by molar-refractivity contribution is 0.120. The molecule has 0 aromatic rings. The highest BCUT2D eigenvalue weighted by Gasteiger charge is 2.33. The predicted octanol–water partition coefficient (Wildman–Crippen LogP) is 1.41. The molecular weight excluding hydrogens is 182 g/mol. The summed E-state index contributed by atoms with van der Waals surface area (Å²) < 4.78 is 9.64. The molecule has 0 rings (SSSR count). The lowest BCUT2D eigenvalue weighted by atomic mass is 10.0. The summed E-state index contributed by atoms with van der Waals surface area (Å²) in [5.41, 5.74) is 0. The Morgan fingerprint density at radius 1 is 1.50 bits per heavy atom. The fourth-order valence-corrected chi connectivity index (χ4v) is 1.06. The van der Waals surface area contributed by atoms with Crippen LogP contribution >= 0.6 is 11.6 Å². The summed E-state index contributed by atoms with van der Waals surface area (Å²) in [6, 6.07) is -0.580. The highest BCUT2D eigenvalue weighted by Crippen LogP contribution is 2.22. The maximum atomic E-state index is 10.3. The van der Waals surface area contributed by atoms with Crippen LogP contribution < -0.4 is 0 Å². The monoisotopic (exact) mass is 195 g/mol. The van der Waals surface area contributed by atoms with Gasteiger partial charge in [0.2, 0.25) is 0 Å². The van der Waals surface area contributed by atoms with E-state index >= 15 is 0 Å². The van der Waals surface area contributed by atoms with Gasteiger partial charge in [0.1, 0.15) is 6.04 Å². The number of halogens is 1. The second-order valence-corrected chi connectivity index (χ2v) is 3.65. The molecule has 12 heavy (non-hydrogen) atoms. The van der Waals surface area contributed by atoms with Gasteiger partial charge in [0.15, 0.2) is 0 Å². The third-order valence-corrected chi connectivity index (χ3v) is 1.93. The smallest absolute Gasteiger partial charge is 0.136 e. The Hall–Kier alpha value is -0.190. The van der Waals surface area contributed by atoms with Gasteiger partial charge in [-0.3, -0.25) is 0 Å². The molecular formula is C7H14ClNO3. The summed E-state index contributed by atoms with van der Waals surface area (Å²) in [6.07, 6.45) is 0. The summed E-state index contributed by atoms with van der Waals surface area (Å²) in [7, 11) is 3.02. The molecule has 2 atom stereocenters. The molecule has 0 aliphatic carbocycles. The maximum absolute atomic E-state index is 10.3. The largest absolute Gasteiger partial charge is 0.383 e. The molecule has 0 amide bonds. The second-order valence-electron chi connectivity index (χ2n) is 2.79. The molecule has 0 aliphatic rings. The molecule has 0 bridgehead atoms. The average Bonchev–Trinajstić information content (AvgIpc) is 1.99. The minimum absolute atomic E-state index is 0.215. The van der Waals surface area contributed by atoms with Crippen molar-refractivity contribution in [2.75, 3.05) is 27.4 Å². The standard InChI is InChI=1S/C7H14ClNO3/c1-7(8,5-12-3)6(9-10)4-11-2/h6H,4-5H2,1-3H3. The fraction of sp³-hybridized carbons (Fsp3) is 1.00. The molecule has 0 aromatic carbocycles. The van der Waals surface area contributed by atoms with Gasteiger partial charge in [-0.15, -0.1) is 11.6 Å². The van der Waals surface area contributed by atoms with E-state index in [0.29, 0.717) is 0 Å². The van der Waals surface area contributed by atoms with Gasteiger partial charge >= 0.3 is 0 Å². The number of rotatable bonds is 6. The molecule has 0 spiro atoms. The van der Waals surface area contributed by atoms with Gasteiger partial charge in [-0.1, -0.05) is 5.18 Å². The molecule has 0 saturated carbocycles. The minimum Gasteiger partial charge on any atom is -0.383 e. The minimum atomic E-state index is -0.785. The maximum Gasteiger partial charge on any atom is 0.136 e. The molecule has 0 saturated heterocycles. The Morgan fingerprint density at radius 3 is 2.42 bits per heavy atom. The van der Waals surface area contributed by atoms with Crippen LogP contribution in [0.25, 0.3) is 0 Å². The molecule has 4 nitrogen and oxygen atoms in total. The van der Waals surface area contributed by atoms with Crippen molar-refractivity contribution >= 4 is 11.6 Å². The molecule has 0 aromatic heterocycles. The van der Waals surface area contributed by atoms with E-state index in [9.17, 15) is 4.91 Å². The van der Waals surface area contributed by atoms with E-state index in [1.54, 1.807) is 6.92 Å². The van der Waals surface area contributed by atoms with Crippen molar-refractivity contribution in [3.63, 3.8) is 0 Å². The first-order valence-electron chi connectivity index (χ1n) is 3.57. The van der Waals surface area contributed by atoms with Gasteiger partial charge in [0.25, 0.3) is 0 Å². The van der Waals surface area contributed by atoms with E-state index in [1.807, 2.05) is 0 Å². The highest BCUT2D eigenvalue weighted by atomic mass is 35.5. The summed E-state index contributed by atoms with van der Waals surface area (Å²) in [6.45, 7) is 2.18. The summed E-state index contributed by atoms with van der Waals surface area (Å²) in [5.74, 6) is 0. The van der Waals surface area contributed by atoms with Gasteiger partial charge in [-0.05, 0) is 6.92 Å². The number of alkyl halides is 1. The molecule has 72 valence electrons. The van der Waals surface area contributed by atoms with Gasteiger partial charge in [0, 0.05) is 14.2 Å². The molecule has 0 aliphatic heterocycles. The normalized spacial score (nSPS) is 18.3. The first-order valence-corrected chi connectivity index (χ1v) is 3.95. The second kappa shape index (κ2) is 5.45. The van der Waals surface area contributed by atoms with Gasteiger partial charge < -0.3 is 9.47 Å². The Balaban J connectivity index is 4.14. The van der Waals surface area contributed by atoms with Crippen LogP contribution in [-0.4, -0.2) is 38.3 Å². The SMILES string of the molecule is COCC(N=O)C(C)(Cl)COC. The zero-order valence-corrected chi connectivity index (χ0v) is 8.30. The van der Waals surface area contributed by atoms with Crippen LogP contribution in [0.5, 0.6) is 0 Å². The molecule has 0 N–H and O–H groups in total. The van der Waals surface area contributed by atoms with Crippen molar-refractivity contribution in [2.24, 2.45) is 5.18 Å². The Labute approximate surface area is 77.2 Å². The van der Waals surface area contributed by atoms with E-state index in [-0.39, 0.29) is 13.2 Å². The number of ether oxygens (including phenoxy) is 2. The van der Waals surface area contributed by atoms with Crippen LogP contribution in [0.15, 0.2) is 5.18 Å². The summed E-state index contributed by atoms with van der Waals surface area (Å²) in [5, 5.41) is 2.88. The topological polar surface area (TPSA) is 47.9 Å². The van der Waals surface area contributed by atoms with Crippen LogP contribution in [-0.2, 0) is 9.47 Å². The quantitative estimate of drug-likeness (QED) is 0.476. The third-order valence-electron chi connectivity index (χ3n) is 1.57. The van der Waals surface area contributed by atoms with Gasteiger partial charge in [-0.25, -0.2) is 0 Å². The Kier molecular flexibility index (Phi) is 5.37. The van der Waals surface area contributed by atoms with Crippen LogP contribution in [0, 0.1) is 4.91 Å². The van der Waals surface area contributed by atoms with E-state index in [0.717, 1.165) is 0 Å². The lowest BCUT2D eigenvalue weighted by Crippen LogP contribution is -2.39. The average molecular weight is 196 g/mol. The predicted molar refractivity (Wildman–Crippen MR) is 47.6 cm³/mol. The van der Waals surface area contributed by atoms with Crippen LogP contribution in [0.1, 0.15) is 6.92 Å². The van der Waals surface area contributed by atoms with Crippen molar-refractivity contribution in [3.05, 3.63) is 4.91 Å². The van der Waals surface area contributed by atoms with Crippen molar-refractivity contribution in [3.8, 4) is 0 Å². The van der Waals surface area contributed by atoms with Crippen molar-refractivity contribution in [1.82, 2.24) is 0 Å². The summed E-state index contributed by atoms with van der Waals surface area (Å²) >= 11 is 5.98. The molecule has 2 unspecified atom stereocenters. The van der Waals surface area contributed by atoms with Crippen molar-refractivity contribution in [2.45, 2.75) is 17.8 Å². The number of methoxy groups -OCH3 is 2. The molecule has 0 fully saturated rings. The number of hydrogen-bond acceptors (Lipinski definition) is 4. The molecule has 5 heteroatoms. The Morgan fingerprint density at radius 2 is 2.08 bits per heavy atom. The zero-order valence-electron chi connectivity index (χ0n) is 7.54. The van der Waals surface area contributed by atoms with E-state index in [4.69, 9.17) is 21.1 Å². The number of hydrogen-bond donors (Lipinski definition) is 0. The van der Waals surface area contributed by atoms with Crippen LogP contribution in [0.3, 0.4) is 0 Å². The van der Waals surface area contributed by atoms with Crippen LogP contribution in [0.4, 0.5) is 0 Å². The van der Waals surface area contributed by atoms with Gasteiger partial charge in [-0.2, -0.15) is 4.91 Å². The Bertz CT molecular complexity index is 141. The first-order chi connectivity index (χ1) is 5.58. The van der Waals surface area contributed by atoms with Crippen molar-refractivity contribution < 1.29 is 9.47 Å². The van der Waals surface area contributed by atoms with E-state index in [2.05, 4.69) is 5.18 Å². The van der Waals surface area contributed by atoms with Crippen molar-refractivity contribution in [1.29, 1.82) is 0 Å².